The van der Waals surface area contributed by atoms with Crippen molar-refractivity contribution >= 4 is 11.6 Å². The van der Waals surface area contributed by atoms with Crippen molar-refractivity contribution in [2.75, 3.05) is 19.4 Å². The van der Waals surface area contributed by atoms with Crippen molar-refractivity contribution in [2.24, 2.45) is 0 Å². The number of rotatable bonds is 4. The van der Waals surface area contributed by atoms with Crippen LogP contribution in [0.25, 0.3) is 0 Å². The average Bonchev–Trinajstić information content (AvgIpc) is 2.34. The highest BCUT2D eigenvalue weighted by molar-refractivity contribution is 5.77. The van der Waals surface area contributed by atoms with Gasteiger partial charge in [0, 0.05) is 18.8 Å². The number of carbonyl (C=O) groups is 1. The van der Waals surface area contributed by atoms with E-state index in [1.165, 1.54) is 11.0 Å². The number of carbonyl (C=O) groups excluding carboxylic acids is 1. The third kappa shape index (κ3) is 4.04. The van der Waals surface area contributed by atoms with E-state index in [0.29, 0.717) is 0 Å². The van der Waals surface area contributed by atoms with Gasteiger partial charge in [0.2, 0.25) is 0 Å². The van der Waals surface area contributed by atoms with Crippen LogP contribution in [0, 0.1) is 0 Å². The fourth-order valence-electron chi connectivity index (χ4n) is 1.42. The number of nitrogens with zero attached hydrogens (tertiary/aromatic N) is 1. The van der Waals surface area contributed by atoms with Gasteiger partial charge < -0.3 is 15.4 Å². The Labute approximate surface area is 115 Å². The third-order valence-corrected chi connectivity index (χ3v) is 2.83. The number of hydrogen-bond donors (Lipinski definition) is 1. The van der Waals surface area contributed by atoms with Gasteiger partial charge in [0.25, 0.3) is 5.91 Å². The van der Waals surface area contributed by atoms with Gasteiger partial charge in [-0.15, -0.1) is 0 Å². The molecule has 0 saturated carbocycles. The average molecular weight is 290 g/mol. The van der Waals surface area contributed by atoms with Crippen LogP contribution in [0.4, 0.5) is 18.9 Å². The maximum absolute atomic E-state index is 12.8. The first-order valence-corrected chi connectivity index (χ1v) is 5.98. The van der Waals surface area contributed by atoms with Gasteiger partial charge in [-0.3, -0.25) is 4.79 Å². The van der Waals surface area contributed by atoms with Crippen molar-refractivity contribution in [3.63, 3.8) is 0 Å². The predicted molar refractivity (Wildman–Crippen MR) is 69.3 cm³/mol. The zero-order chi connectivity index (χ0) is 15.5. The fraction of sp³-hybridized carbons (Fsp3) is 0.462. The number of amides is 1. The van der Waals surface area contributed by atoms with Crippen molar-refractivity contribution in [3.05, 3.63) is 23.8 Å². The Morgan fingerprint density at radius 2 is 2.00 bits per heavy atom. The van der Waals surface area contributed by atoms with Crippen molar-refractivity contribution in [1.82, 2.24) is 4.90 Å². The number of anilines is 1. The topological polar surface area (TPSA) is 55.6 Å². The van der Waals surface area contributed by atoms with Gasteiger partial charge in [0.05, 0.1) is 5.56 Å². The van der Waals surface area contributed by atoms with Crippen molar-refractivity contribution in [2.45, 2.75) is 26.1 Å². The molecule has 0 heterocycles. The Kier molecular flexibility index (Phi) is 4.86. The Bertz CT molecular complexity index is 487. The molecule has 20 heavy (non-hydrogen) atoms. The molecule has 0 aromatic heterocycles. The molecule has 1 aromatic rings. The summed E-state index contributed by atoms with van der Waals surface area (Å²) in [4.78, 5) is 13.1. The predicted octanol–water partition coefficient (Wildman–Crippen LogP) is 2.53. The van der Waals surface area contributed by atoms with Gasteiger partial charge in [0.1, 0.15) is 5.75 Å². The van der Waals surface area contributed by atoms with E-state index < -0.39 is 30.0 Å². The molecule has 0 unspecified atom stereocenters. The van der Waals surface area contributed by atoms with E-state index in [-0.39, 0.29) is 11.7 Å². The largest absolute Gasteiger partial charge is 0.483 e. The van der Waals surface area contributed by atoms with Crippen molar-refractivity contribution in [1.29, 1.82) is 0 Å². The number of hydrogen-bond acceptors (Lipinski definition) is 3. The SMILES string of the molecule is CC(C)N(C)C(=O)COc1ccc(N)cc1C(F)(F)F. The summed E-state index contributed by atoms with van der Waals surface area (Å²) in [6, 6.07) is 3.13. The van der Waals surface area contributed by atoms with Gasteiger partial charge in [-0.2, -0.15) is 13.2 Å². The smallest absolute Gasteiger partial charge is 0.420 e. The number of alkyl halides is 3. The summed E-state index contributed by atoms with van der Waals surface area (Å²) in [7, 11) is 1.56. The van der Waals surface area contributed by atoms with Crippen LogP contribution in [0.2, 0.25) is 0 Å². The second kappa shape index (κ2) is 6.02. The number of ether oxygens (including phenoxy) is 1. The van der Waals surface area contributed by atoms with Crippen LogP contribution in [-0.4, -0.2) is 30.5 Å². The van der Waals surface area contributed by atoms with Crippen LogP contribution in [-0.2, 0) is 11.0 Å². The van der Waals surface area contributed by atoms with E-state index in [1.54, 1.807) is 20.9 Å². The van der Waals surface area contributed by atoms with Gasteiger partial charge in [-0.05, 0) is 32.0 Å². The minimum Gasteiger partial charge on any atom is -0.483 e. The molecule has 4 nitrogen and oxygen atoms in total. The maximum Gasteiger partial charge on any atom is 0.420 e. The molecule has 0 radical (unpaired) electrons. The fourth-order valence-corrected chi connectivity index (χ4v) is 1.42. The van der Waals surface area contributed by atoms with Gasteiger partial charge >= 0.3 is 6.18 Å². The lowest BCUT2D eigenvalue weighted by atomic mass is 10.1. The van der Waals surface area contributed by atoms with E-state index in [9.17, 15) is 18.0 Å². The molecular formula is C13H17F3N2O2. The first kappa shape index (κ1) is 16.1. The minimum absolute atomic E-state index is 0.0182. The van der Waals surface area contributed by atoms with E-state index in [1.807, 2.05) is 0 Å². The van der Waals surface area contributed by atoms with Crippen LogP contribution in [0.5, 0.6) is 5.75 Å². The molecule has 0 aliphatic rings. The highest BCUT2D eigenvalue weighted by atomic mass is 19.4. The quantitative estimate of drug-likeness (QED) is 0.867. The molecule has 0 aliphatic carbocycles. The molecule has 7 heteroatoms. The molecule has 112 valence electrons. The monoisotopic (exact) mass is 290 g/mol. The molecule has 2 N–H and O–H groups in total. The standard InChI is InChI=1S/C13H17F3N2O2/c1-8(2)18(3)12(19)7-20-11-5-4-9(17)6-10(11)13(14,15)16/h4-6,8H,7,17H2,1-3H3. The second-order valence-corrected chi connectivity index (χ2v) is 4.64. The number of nitrogens with two attached hydrogens (primary N) is 1. The first-order valence-electron chi connectivity index (χ1n) is 5.98. The summed E-state index contributed by atoms with van der Waals surface area (Å²) in [5.41, 5.74) is 4.33. The van der Waals surface area contributed by atoms with E-state index >= 15 is 0 Å². The summed E-state index contributed by atoms with van der Waals surface area (Å²) < 4.78 is 43.4. The van der Waals surface area contributed by atoms with E-state index in [0.717, 1.165) is 12.1 Å². The molecular weight excluding hydrogens is 273 g/mol. The molecule has 0 bridgehead atoms. The zero-order valence-electron chi connectivity index (χ0n) is 11.5. The van der Waals surface area contributed by atoms with Crippen LogP contribution >= 0.6 is 0 Å². The summed E-state index contributed by atoms with van der Waals surface area (Å²) in [5, 5.41) is 0. The van der Waals surface area contributed by atoms with Crippen LogP contribution < -0.4 is 10.5 Å². The molecule has 0 spiro atoms. The molecule has 0 aliphatic heterocycles. The number of likely N-dealkylation sites (N-methyl/N-ethyl adjacent to an activating group) is 1. The highest BCUT2D eigenvalue weighted by Crippen LogP contribution is 2.37. The Morgan fingerprint density at radius 1 is 1.40 bits per heavy atom. The third-order valence-electron chi connectivity index (χ3n) is 2.83. The van der Waals surface area contributed by atoms with Crippen molar-refractivity contribution < 1.29 is 22.7 Å². The lowest BCUT2D eigenvalue weighted by Gasteiger charge is -2.22. The summed E-state index contributed by atoms with van der Waals surface area (Å²) in [6.07, 6.45) is -4.59. The number of halogens is 3. The first-order chi connectivity index (χ1) is 9.12. The molecule has 1 rings (SSSR count). The zero-order valence-corrected chi connectivity index (χ0v) is 11.5. The van der Waals surface area contributed by atoms with Crippen LogP contribution in [0.3, 0.4) is 0 Å². The van der Waals surface area contributed by atoms with Crippen LogP contribution in [0.1, 0.15) is 19.4 Å². The Morgan fingerprint density at radius 3 is 2.50 bits per heavy atom. The molecule has 1 aromatic carbocycles. The van der Waals surface area contributed by atoms with E-state index in [4.69, 9.17) is 10.5 Å². The minimum atomic E-state index is -4.59. The Hall–Kier alpha value is -1.92. The van der Waals surface area contributed by atoms with Gasteiger partial charge in [0.15, 0.2) is 6.61 Å². The molecule has 0 fully saturated rings. The second-order valence-electron chi connectivity index (χ2n) is 4.64. The number of nitrogen functional groups attached to an aromatic ring is 1. The maximum atomic E-state index is 12.8. The lowest BCUT2D eigenvalue weighted by Crippen LogP contribution is -2.36. The lowest BCUT2D eigenvalue weighted by molar-refractivity contribution is -0.141. The summed E-state index contributed by atoms with van der Waals surface area (Å²) in [5.74, 6) is -0.804. The van der Waals surface area contributed by atoms with Crippen molar-refractivity contribution in [3.8, 4) is 5.75 Å². The highest BCUT2D eigenvalue weighted by Gasteiger charge is 2.34. The van der Waals surface area contributed by atoms with Gasteiger partial charge in [-0.25, -0.2) is 0 Å². The molecule has 0 saturated heterocycles. The molecule has 1 amide bonds. The molecule has 0 atom stereocenters. The summed E-state index contributed by atoms with van der Waals surface area (Å²) >= 11 is 0. The number of benzene rings is 1. The Balaban J connectivity index is 2.86. The normalized spacial score (nSPS) is 11.6. The van der Waals surface area contributed by atoms with Crippen LogP contribution in [0.15, 0.2) is 18.2 Å². The summed E-state index contributed by atoms with van der Waals surface area (Å²) in [6.45, 7) is 3.13. The van der Waals surface area contributed by atoms with E-state index in [2.05, 4.69) is 0 Å². The van der Waals surface area contributed by atoms with Gasteiger partial charge in [-0.1, -0.05) is 0 Å².